The largest absolute Gasteiger partial charge is 0.487 e. The normalized spacial score (nSPS) is 10.6. The third kappa shape index (κ3) is 2.48. The molecule has 2 rings (SSSR count). The summed E-state index contributed by atoms with van der Waals surface area (Å²) in [5, 5.41) is 0. The Morgan fingerprint density at radius 2 is 2.17 bits per heavy atom. The Morgan fingerprint density at radius 3 is 2.83 bits per heavy atom. The van der Waals surface area contributed by atoms with Crippen molar-refractivity contribution < 1.29 is 4.74 Å². The lowest BCUT2D eigenvalue weighted by molar-refractivity contribution is 0.241. The van der Waals surface area contributed by atoms with E-state index in [-0.39, 0.29) is 11.1 Å². The third-order valence-electron chi connectivity index (χ3n) is 2.20. The fourth-order valence-corrected chi connectivity index (χ4v) is 1.72. The Bertz CT molecular complexity index is 565. The molecule has 0 unspecified atom stereocenters. The second kappa shape index (κ2) is 5.14. The van der Waals surface area contributed by atoms with E-state index >= 15 is 0 Å². The van der Waals surface area contributed by atoms with Crippen molar-refractivity contribution in [3.8, 4) is 11.6 Å². The van der Waals surface area contributed by atoms with Crippen LogP contribution in [0.4, 0.5) is 0 Å². The number of nitrogens with zero attached hydrogens (tertiary/aromatic N) is 3. The zero-order valence-corrected chi connectivity index (χ0v) is 11.0. The van der Waals surface area contributed by atoms with Crippen molar-refractivity contribution in [3.05, 3.63) is 36.5 Å². The molecule has 0 amide bonds. The average Bonchev–Trinajstić information content (AvgIpc) is 2.77. The van der Waals surface area contributed by atoms with Crippen molar-refractivity contribution in [2.45, 2.75) is 20.0 Å². The molecule has 0 saturated heterocycles. The first-order valence-corrected chi connectivity index (χ1v) is 5.95. The molecule has 0 aliphatic rings. The lowest BCUT2D eigenvalue weighted by Gasteiger charge is -2.14. The molecular weight excluding hydrogens is 248 g/mol. The molecule has 0 aromatic carbocycles. The molecule has 0 aliphatic heterocycles. The van der Waals surface area contributed by atoms with Crippen LogP contribution in [0.25, 0.3) is 5.82 Å². The first-order valence-electron chi connectivity index (χ1n) is 5.55. The Balaban J connectivity index is 2.50. The number of pyridine rings is 1. The van der Waals surface area contributed by atoms with E-state index in [2.05, 4.69) is 9.97 Å². The van der Waals surface area contributed by atoms with Crippen LogP contribution in [0.1, 0.15) is 19.7 Å². The van der Waals surface area contributed by atoms with Crippen LogP contribution in [0.5, 0.6) is 5.75 Å². The minimum Gasteiger partial charge on any atom is -0.487 e. The third-order valence-corrected chi connectivity index (χ3v) is 2.39. The molecule has 2 heterocycles. The second-order valence-electron chi connectivity index (χ2n) is 3.98. The molecule has 94 valence electrons. The number of imidazole rings is 1. The van der Waals surface area contributed by atoms with Crippen molar-refractivity contribution in [1.82, 2.24) is 14.5 Å². The quantitative estimate of drug-likeness (QED) is 0.849. The summed E-state index contributed by atoms with van der Waals surface area (Å²) in [5.41, 5.74) is 5.63. The van der Waals surface area contributed by atoms with Crippen molar-refractivity contribution in [3.63, 3.8) is 0 Å². The van der Waals surface area contributed by atoms with Crippen LogP contribution in [0.2, 0.25) is 0 Å². The summed E-state index contributed by atoms with van der Waals surface area (Å²) >= 11 is 4.96. The van der Waals surface area contributed by atoms with Crippen molar-refractivity contribution >= 4 is 17.2 Å². The summed E-state index contributed by atoms with van der Waals surface area (Å²) in [7, 11) is 0. The SMILES string of the molecule is CC(C)Oc1cccnc1-n1ccnc1C(N)=S. The average molecular weight is 262 g/mol. The van der Waals surface area contributed by atoms with Gasteiger partial charge in [-0.3, -0.25) is 4.57 Å². The van der Waals surface area contributed by atoms with Gasteiger partial charge in [0, 0.05) is 18.6 Å². The van der Waals surface area contributed by atoms with Crippen molar-refractivity contribution in [1.29, 1.82) is 0 Å². The zero-order valence-electron chi connectivity index (χ0n) is 10.2. The van der Waals surface area contributed by atoms with E-state index < -0.39 is 0 Å². The molecule has 6 heteroatoms. The number of hydrogen-bond acceptors (Lipinski definition) is 4. The summed E-state index contributed by atoms with van der Waals surface area (Å²) in [6, 6.07) is 3.67. The monoisotopic (exact) mass is 262 g/mol. The van der Waals surface area contributed by atoms with Gasteiger partial charge in [-0.1, -0.05) is 12.2 Å². The minimum atomic E-state index is 0.0600. The van der Waals surface area contributed by atoms with Gasteiger partial charge in [0.15, 0.2) is 17.4 Å². The molecule has 0 fully saturated rings. The van der Waals surface area contributed by atoms with Crippen LogP contribution in [0.15, 0.2) is 30.7 Å². The molecular formula is C12H14N4OS. The molecule has 0 radical (unpaired) electrons. The van der Waals surface area contributed by atoms with Crippen LogP contribution >= 0.6 is 12.2 Å². The lowest BCUT2D eigenvalue weighted by Crippen LogP contribution is -2.17. The van der Waals surface area contributed by atoms with Crippen molar-refractivity contribution in [2.75, 3.05) is 0 Å². The van der Waals surface area contributed by atoms with Gasteiger partial charge in [-0.15, -0.1) is 0 Å². The highest BCUT2D eigenvalue weighted by Gasteiger charge is 2.13. The highest BCUT2D eigenvalue weighted by Crippen LogP contribution is 2.22. The maximum Gasteiger partial charge on any atom is 0.181 e. The molecule has 2 aromatic rings. The fraction of sp³-hybridized carbons (Fsp3) is 0.250. The van der Waals surface area contributed by atoms with E-state index in [1.165, 1.54) is 0 Å². The van der Waals surface area contributed by atoms with E-state index in [9.17, 15) is 0 Å². The number of rotatable bonds is 4. The van der Waals surface area contributed by atoms with E-state index in [1.807, 2.05) is 26.0 Å². The summed E-state index contributed by atoms with van der Waals surface area (Å²) in [6.07, 6.45) is 5.13. The van der Waals surface area contributed by atoms with Crippen LogP contribution in [-0.4, -0.2) is 25.6 Å². The molecule has 2 N–H and O–H groups in total. The van der Waals surface area contributed by atoms with E-state index in [0.717, 1.165) is 0 Å². The maximum absolute atomic E-state index is 5.71. The Labute approximate surface area is 111 Å². The van der Waals surface area contributed by atoms with Gasteiger partial charge in [0.05, 0.1) is 6.10 Å². The first kappa shape index (κ1) is 12.5. The van der Waals surface area contributed by atoms with Crippen LogP contribution in [0, 0.1) is 0 Å². The lowest BCUT2D eigenvalue weighted by atomic mass is 10.4. The number of nitrogens with two attached hydrogens (primary N) is 1. The number of aromatic nitrogens is 3. The van der Waals surface area contributed by atoms with Gasteiger partial charge in [0.2, 0.25) is 0 Å². The summed E-state index contributed by atoms with van der Waals surface area (Å²) in [4.78, 5) is 8.64. The van der Waals surface area contributed by atoms with Crippen molar-refractivity contribution in [2.24, 2.45) is 5.73 Å². The summed E-state index contributed by atoms with van der Waals surface area (Å²) in [6.45, 7) is 3.92. The summed E-state index contributed by atoms with van der Waals surface area (Å²) in [5.74, 6) is 1.80. The molecule has 2 aromatic heterocycles. The van der Waals surface area contributed by atoms with Gasteiger partial charge < -0.3 is 10.5 Å². The zero-order chi connectivity index (χ0) is 13.1. The highest BCUT2D eigenvalue weighted by molar-refractivity contribution is 7.80. The topological polar surface area (TPSA) is 66.0 Å². The van der Waals surface area contributed by atoms with Gasteiger partial charge >= 0.3 is 0 Å². The highest BCUT2D eigenvalue weighted by atomic mass is 32.1. The van der Waals surface area contributed by atoms with Gasteiger partial charge in [0.25, 0.3) is 0 Å². The molecule has 0 aliphatic carbocycles. The predicted molar refractivity (Wildman–Crippen MR) is 73.0 cm³/mol. The molecule has 18 heavy (non-hydrogen) atoms. The molecule has 0 atom stereocenters. The van der Waals surface area contributed by atoms with Gasteiger partial charge in [-0.05, 0) is 26.0 Å². The first-order chi connectivity index (χ1) is 8.59. The second-order valence-corrected chi connectivity index (χ2v) is 4.42. The van der Waals surface area contributed by atoms with Crippen LogP contribution in [0.3, 0.4) is 0 Å². The predicted octanol–water partition coefficient (Wildman–Crippen LogP) is 1.69. The van der Waals surface area contributed by atoms with E-state index in [1.54, 1.807) is 23.2 Å². The number of thiocarbonyl (C=S) groups is 1. The molecule has 5 nitrogen and oxygen atoms in total. The molecule has 0 spiro atoms. The van der Waals surface area contributed by atoms with Crippen LogP contribution in [-0.2, 0) is 0 Å². The standard InChI is InChI=1S/C12H14N4OS/c1-8(2)17-9-4-3-5-14-11(9)16-7-6-15-12(16)10(13)18/h3-8H,1-2H3,(H2,13,18). The van der Waals surface area contributed by atoms with Crippen LogP contribution < -0.4 is 10.5 Å². The maximum atomic E-state index is 5.71. The van der Waals surface area contributed by atoms with Gasteiger partial charge in [-0.2, -0.15) is 0 Å². The van der Waals surface area contributed by atoms with Gasteiger partial charge in [-0.25, -0.2) is 9.97 Å². The Kier molecular flexibility index (Phi) is 3.57. The number of ether oxygens (including phenoxy) is 1. The molecule has 0 bridgehead atoms. The fourth-order valence-electron chi connectivity index (χ4n) is 1.57. The smallest absolute Gasteiger partial charge is 0.181 e. The van der Waals surface area contributed by atoms with E-state index in [0.29, 0.717) is 17.4 Å². The molecule has 0 saturated carbocycles. The number of hydrogen-bond donors (Lipinski definition) is 1. The minimum absolute atomic E-state index is 0.0600. The summed E-state index contributed by atoms with van der Waals surface area (Å²) < 4.78 is 7.43. The Hall–Kier alpha value is -1.95. The Morgan fingerprint density at radius 1 is 1.39 bits per heavy atom. The van der Waals surface area contributed by atoms with Gasteiger partial charge in [0.1, 0.15) is 4.99 Å². The van der Waals surface area contributed by atoms with E-state index in [4.69, 9.17) is 22.7 Å².